The zero-order valence-electron chi connectivity index (χ0n) is 18.0. The second-order valence-electron chi connectivity index (χ2n) is 8.02. The van der Waals surface area contributed by atoms with Gasteiger partial charge in [0.2, 0.25) is 0 Å². The Hall–Kier alpha value is -3.72. The smallest absolute Gasteiger partial charge is 0.330 e. The number of ether oxygens (including phenoxy) is 1. The monoisotopic (exact) mass is 426 g/mol. The summed E-state index contributed by atoms with van der Waals surface area (Å²) in [7, 11) is 0. The van der Waals surface area contributed by atoms with Gasteiger partial charge in [0.25, 0.3) is 0 Å². The molecule has 32 heavy (non-hydrogen) atoms. The minimum absolute atomic E-state index is 0.0538. The molecule has 6 nitrogen and oxygen atoms in total. The van der Waals surface area contributed by atoms with Crippen LogP contribution in [0, 0.1) is 17.2 Å². The summed E-state index contributed by atoms with van der Waals surface area (Å²) in [5.41, 5.74) is 3.12. The van der Waals surface area contributed by atoms with Gasteiger partial charge in [-0.25, -0.2) is 9.97 Å². The maximum absolute atomic E-state index is 12.6. The lowest BCUT2D eigenvalue weighted by Gasteiger charge is -2.34. The second kappa shape index (κ2) is 10.1. The van der Waals surface area contributed by atoms with Gasteiger partial charge in [0, 0.05) is 13.1 Å². The van der Waals surface area contributed by atoms with Crippen LogP contribution >= 0.6 is 0 Å². The molecule has 0 spiro atoms. The van der Waals surface area contributed by atoms with Crippen LogP contribution in [-0.4, -0.2) is 35.6 Å². The van der Waals surface area contributed by atoms with E-state index in [1.165, 1.54) is 11.6 Å². The Kier molecular flexibility index (Phi) is 6.76. The van der Waals surface area contributed by atoms with Gasteiger partial charge in [0.15, 0.2) is 11.7 Å². The summed E-state index contributed by atoms with van der Waals surface area (Å²) >= 11 is 0. The highest BCUT2D eigenvalue weighted by atomic mass is 16.5. The van der Waals surface area contributed by atoms with E-state index in [1.54, 1.807) is 0 Å². The lowest BCUT2D eigenvalue weighted by Crippen LogP contribution is -2.36. The van der Waals surface area contributed by atoms with E-state index in [0.29, 0.717) is 22.9 Å². The number of piperidine rings is 1. The van der Waals surface area contributed by atoms with E-state index in [0.717, 1.165) is 37.9 Å². The van der Waals surface area contributed by atoms with Crippen LogP contribution in [0.15, 0.2) is 67.3 Å². The molecule has 1 aromatic heterocycles. The predicted molar refractivity (Wildman–Crippen MR) is 124 cm³/mol. The Morgan fingerprint density at radius 3 is 2.44 bits per heavy atom. The van der Waals surface area contributed by atoms with Crippen molar-refractivity contribution in [2.75, 3.05) is 24.6 Å². The second-order valence-corrected chi connectivity index (χ2v) is 8.02. The number of nitriles is 1. The minimum Gasteiger partial charge on any atom is -0.460 e. The number of rotatable bonds is 7. The van der Waals surface area contributed by atoms with Crippen molar-refractivity contribution in [1.82, 2.24) is 9.97 Å². The van der Waals surface area contributed by atoms with Gasteiger partial charge >= 0.3 is 5.97 Å². The minimum atomic E-state index is -1.14. The van der Waals surface area contributed by atoms with Gasteiger partial charge in [-0.05, 0) is 42.9 Å². The zero-order chi connectivity index (χ0) is 22.3. The number of para-hydroxylation sites is 2. The normalized spacial score (nSPS) is 15.2. The van der Waals surface area contributed by atoms with Crippen molar-refractivity contribution in [2.45, 2.75) is 25.2 Å². The maximum Gasteiger partial charge on any atom is 0.330 e. The van der Waals surface area contributed by atoms with Crippen molar-refractivity contribution in [2.24, 2.45) is 5.92 Å². The van der Waals surface area contributed by atoms with E-state index in [-0.39, 0.29) is 6.61 Å². The van der Waals surface area contributed by atoms with Crippen LogP contribution in [0.5, 0.6) is 0 Å². The molecule has 1 aliphatic heterocycles. The highest BCUT2D eigenvalue weighted by Gasteiger charge is 2.31. The third kappa shape index (κ3) is 4.78. The number of hydrogen-bond donors (Lipinski definition) is 0. The molecule has 0 amide bonds. The first-order chi connectivity index (χ1) is 15.7. The summed E-state index contributed by atoms with van der Waals surface area (Å²) in [6, 6.07) is 20.1. The molecule has 0 unspecified atom stereocenters. The Balaban J connectivity index is 1.60. The van der Waals surface area contributed by atoms with Crippen LogP contribution in [0.25, 0.3) is 11.0 Å². The summed E-state index contributed by atoms with van der Waals surface area (Å²) in [5, 5.41) is 9.79. The molecule has 162 valence electrons. The van der Waals surface area contributed by atoms with Gasteiger partial charge in [-0.3, -0.25) is 4.79 Å². The van der Waals surface area contributed by atoms with Crippen LogP contribution in [-0.2, 0) is 16.0 Å². The van der Waals surface area contributed by atoms with Crippen molar-refractivity contribution in [3.63, 3.8) is 0 Å². The fourth-order valence-electron chi connectivity index (χ4n) is 4.18. The number of carbonyl (C=O) groups excluding carboxylic acids is 1. The van der Waals surface area contributed by atoms with Gasteiger partial charge in [0.05, 0.1) is 17.1 Å². The standard InChI is InChI=1S/C26H26N4O2/c1-2-16-32-26(31)21(18-27)24-25(29-23-11-7-6-10-22(23)28-24)30-14-12-20(13-15-30)17-19-8-4-3-5-9-19/h2-11,20-21H,1,12-17H2/t21-/m1/s1. The lowest BCUT2D eigenvalue weighted by atomic mass is 9.90. The molecule has 1 saturated heterocycles. The third-order valence-corrected chi connectivity index (χ3v) is 5.84. The number of hydrogen-bond acceptors (Lipinski definition) is 6. The number of esters is 1. The predicted octanol–water partition coefficient (Wildman–Crippen LogP) is 4.43. The van der Waals surface area contributed by atoms with Gasteiger partial charge in [-0.1, -0.05) is 55.1 Å². The van der Waals surface area contributed by atoms with E-state index in [9.17, 15) is 10.1 Å². The van der Waals surface area contributed by atoms with Crippen LogP contribution in [0.4, 0.5) is 5.82 Å². The zero-order valence-corrected chi connectivity index (χ0v) is 18.0. The highest BCUT2D eigenvalue weighted by molar-refractivity contribution is 5.85. The van der Waals surface area contributed by atoms with Gasteiger partial charge in [0.1, 0.15) is 12.3 Å². The van der Waals surface area contributed by atoms with Crippen LogP contribution in [0.3, 0.4) is 0 Å². The summed E-state index contributed by atoms with van der Waals surface area (Å²) < 4.78 is 5.17. The summed E-state index contributed by atoms with van der Waals surface area (Å²) in [4.78, 5) is 24.2. The van der Waals surface area contributed by atoms with Gasteiger partial charge < -0.3 is 9.64 Å². The van der Waals surface area contributed by atoms with Crippen LogP contribution in [0.2, 0.25) is 0 Å². The first-order valence-electron chi connectivity index (χ1n) is 10.9. The maximum atomic E-state index is 12.6. The molecule has 6 heteroatoms. The van der Waals surface area contributed by atoms with E-state index in [4.69, 9.17) is 9.72 Å². The number of aromatic nitrogens is 2. The number of nitrogens with zero attached hydrogens (tertiary/aromatic N) is 4. The quantitative estimate of drug-likeness (QED) is 0.411. The molecule has 1 aliphatic rings. The fourth-order valence-corrected chi connectivity index (χ4v) is 4.18. The first-order valence-corrected chi connectivity index (χ1v) is 10.9. The molecule has 0 radical (unpaired) electrons. The average Bonchev–Trinajstić information content (AvgIpc) is 2.84. The molecule has 0 N–H and O–H groups in total. The van der Waals surface area contributed by atoms with Crippen molar-refractivity contribution >= 4 is 22.8 Å². The van der Waals surface area contributed by atoms with Crippen molar-refractivity contribution < 1.29 is 9.53 Å². The van der Waals surface area contributed by atoms with Gasteiger partial charge in [-0.15, -0.1) is 0 Å². The number of carbonyl (C=O) groups is 1. The van der Waals surface area contributed by atoms with Gasteiger partial charge in [-0.2, -0.15) is 5.26 Å². The van der Waals surface area contributed by atoms with Crippen LogP contribution < -0.4 is 4.90 Å². The molecule has 1 fully saturated rings. The lowest BCUT2D eigenvalue weighted by molar-refractivity contribution is -0.142. The molecule has 2 heterocycles. The highest BCUT2D eigenvalue weighted by Crippen LogP contribution is 2.31. The summed E-state index contributed by atoms with van der Waals surface area (Å²) in [6.07, 6.45) is 4.57. The SMILES string of the molecule is C=CCOC(=O)[C@H](C#N)c1nc2ccccc2nc1N1CCC(Cc2ccccc2)CC1. The van der Waals surface area contributed by atoms with Crippen molar-refractivity contribution in [1.29, 1.82) is 5.26 Å². The number of benzene rings is 2. The Labute approximate surface area is 188 Å². The fraction of sp³-hybridized carbons (Fsp3) is 0.308. The summed E-state index contributed by atoms with van der Waals surface area (Å²) in [5.74, 6) is -0.569. The van der Waals surface area contributed by atoms with E-state index >= 15 is 0 Å². The molecule has 0 saturated carbocycles. The van der Waals surface area contributed by atoms with Crippen LogP contribution in [0.1, 0.15) is 30.0 Å². The van der Waals surface area contributed by atoms with E-state index < -0.39 is 11.9 Å². The Morgan fingerprint density at radius 1 is 1.12 bits per heavy atom. The number of fused-ring (bicyclic) bond motifs is 1. The van der Waals surface area contributed by atoms with E-state index in [1.807, 2.05) is 30.3 Å². The van der Waals surface area contributed by atoms with E-state index in [2.05, 4.69) is 46.8 Å². The molecule has 0 aliphatic carbocycles. The Bertz CT molecular complexity index is 1130. The molecular formula is C26H26N4O2. The average molecular weight is 427 g/mol. The molecule has 4 rings (SSSR count). The topological polar surface area (TPSA) is 79.1 Å². The Morgan fingerprint density at radius 2 is 1.78 bits per heavy atom. The molecule has 3 aromatic rings. The third-order valence-electron chi connectivity index (χ3n) is 5.84. The van der Waals surface area contributed by atoms with Crippen molar-refractivity contribution in [3.8, 4) is 6.07 Å². The van der Waals surface area contributed by atoms with Crippen molar-refractivity contribution in [3.05, 3.63) is 78.5 Å². The number of anilines is 1. The largest absolute Gasteiger partial charge is 0.460 e. The first kappa shape index (κ1) is 21.5. The summed E-state index contributed by atoms with van der Waals surface area (Å²) in [6.45, 7) is 5.22. The molecular weight excluding hydrogens is 400 g/mol. The molecule has 2 aromatic carbocycles. The molecule has 1 atom stereocenters. The molecule has 0 bridgehead atoms.